The minimum absolute atomic E-state index is 0.135. The molecule has 1 heterocycles. The molecule has 3 heteroatoms. The molecule has 3 rings (SSSR count). The number of hydrogen-bond acceptors (Lipinski definition) is 3. The van der Waals surface area contributed by atoms with Crippen LogP contribution in [0.15, 0.2) is 55.3 Å². The standard InChI is InChI=1S/C23H29NOS/c1-5-24(17(3)19-13-11-16(2)12-14-19)21-15-22(26-23(21)18(4)25)20-9-7-6-8-10-20/h6-10,15-16,19,25H,3-5,11-14H2,1-2H3. The number of nitrogens with zero attached hydrogens (tertiary/aromatic N) is 1. The fourth-order valence-electron chi connectivity index (χ4n) is 3.88. The zero-order chi connectivity index (χ0) is 18.7. The first-order valence-electron chi connectivity index (χ1n) is 9.55. The molecular weight excluding hydrogens is 338 g/mol. The van der Waals surface area contributed by atoms with E-state index in [1.165, 1.54) is 36.9 Å². The van der Waals surface area contributed by atoms with Gasteiger partial charge in [-0.2, -0.15) is 0 Å². The Bertz CT molecular complexity index is 769. The zero-order valence-electron chi connectivity index (χ0n) is 15.9. The summed E-state index contributed by atoms with van der Waals surface area (Å²) in [5, 5.41) is 10.2. The molecule has 1 saturated carbocycles. The molecule has 0 amide bonds. The first-order chi connectivity index (χ1) is 12.5. The van der Waals surface area contributed by atoms with Crippen LogP contribution in [0, 0.1) is 11.8 Å². The summed E-state index contributed by atoms with van der Waals surface area (Å²) in [5.74, 6) is 1.49. The van der Waals surface area contributed by atoms with Gasteiger partial charge in [-0.1, -0.05) is 63.3 Å². The van der Waals surface area contributed by atoms with Crippen LogP contribution in [0.25, 0.3) is 16.2 Å². The average Bonchev–Trinajstić information content (AvgIpc) is 3.09. The summed E-state index contributed by atoms with van der Waals surface area (Å²) in [5.41, 5.74) is 3.38. The van der Waals surface area contributed by atoms with E-state index in [-0.39, 0.29) is 5.76 Å². The lowest BCUT2D eigenvalue weighted by Gasteiger charge is -2.34. The molecular formula is C23H29NOS. The fourth-order valence-corrected chi connectivity index (χ4v) is 4.91. The van der Waals surface area contributed by atoms with Crippen LogP contribution < -0.4 is 4.90 Å². The monoisotopic (exact) mass is 367 g/mol. The Balaban J connectivity index is 1.93. The number of hydrogen-bond donors (Lipinski definition) is 1. The van der Waals surface area contributed by atoms with Crippen molar-refractivity contribution in [1.82, 2.24) is 0 Å². The van der Waals surface area contributed by atoms with Crippen molar-refractivity contribution in [3.05, 3.63) is 60.1 Å². The summed E-state index contributed by atoms with van der Waals surface area (Å²) in [6.45, 7) is 13.6. The molecule has 26 heavy (non-hydrogen) atoms. The van der Waals surface area contributed by atoms with Crippen molar-refractivity contribution in [2.24, 2.45) is 11.8 Å². The lowest BCUT2D eigenvalue weighted by Crippen LogP contribution is -2.28. The van der Waals surface area contributed by atoms with Crippen LogP contribution in [0.4, 0.5) is 5.69 Å². The topological polar surface area (TPSA) is 23.5 Å². The zero-order valence-corrected chi connectivity index (χ0v) is 16.7. The van der Waals surface area contributed by atoms with Gasteiger partial charge < -0.3 is 10.0 Å². The molecule has 1 aromatic carbocycles. The van der Waals surface area contributed by atoms with Crippen molar-refractivity contribution >= 4 is 22.8 Å². The smallest absolute Gasteiger partial charge is 0.127 e. The molecule has 1 N–H and O–H groups in total. The van der Waals surface area contributed by atoms with Crippen LogP contribution in [-0.2, 0) is 0 Å². The van der Waals surface area contributed by atoms with E-state index in [9.17, 15) is 5.11 Å². The Hall–Kier alpha value is -2.00. The van der Waals surface area contributed by atoms with Crippen molar-refractivity contribution in [2.75, 3.05) is 11.4 Å². The van der Waals surface area contributed by atoms with Gasteiger partial charge in [0.25, 0.3) is 0 Å². The Kier molecular flexibility index (Phi) is 5.87. The molecule has 2 nitrogen and oxygen atoms in total. The molecule has 0 saturated heterocycles. The number of benzene rings is 1. The molecule has 1 aromatic heterocycles. The summed E-state index contributed by atoms with van der Waals surface area (Å²) >= 11 is 1.60. The van der Waals surface area contributed by atoms with Crippen LogP contribution >= 0.6 is 11.3 Å². The van der Waals surface area contributed by atoms with Gasteiger partial charge in [0.05, 0.1) is 10.6 Å². The Labute approximate surface area is 161 Å². The predicted octanol–water partition coefficient (Wildman–Crippen LogP) is 7.11. The highest BCUT2D eigenvalue weighted by atomic mass is 32.1. The fraction of sp³-hybridized carbons (Fsp3) is 0.391. The summed E-state index contributed by atoms with van der Waals surface area (Å²) in [6, 6.07) is 12.5. The molecule has 138 valence electrons. The molecule has 0 spiro atoms. The number of rotatable bonds is 6. The summed E-state index contributed by atoms with van der Waals surface area (Å²) in [6.07, 6.45) is 4.97. The summed E-state index contributed by atoms with van der Waals surface area (Å²) in [4.78, 5) is 4.27. The highest BCUT2D eigenvalue weighted by Crippen LogP contribution is 2.43. The average molecular weight is 368 g/mol. The van der Waals surface area contributed by atoms with Crippen LogP contribution in [0.2, 0.25) is 0 Å². The van der Waals surface area contributed by atoms with Crippen molar-refractivity contribution in [2.45, 2.75) is 39.5 Å². The van der Waals surface area contributed by atoms with Gasteiger partial charge in [-0.25, -0.2) is 0 Å². The van der Waals surface area contributed by atoms with E-state index in [0.717, 1.165) is 27.9 Å². The maximum absolute atomic E-state index is 10.2. The number of allylic oxidation sites excluding steroid dienone is 1. The van der Waals surface area contributed by atoms with E-state index in [4.69, 9.17) is 0 Å². The van der Waals surface area contributed by atoms with Crippen molar-refractivity contribution in [1.29, 1.82) is 0 Å². The third-order valence-electron chi connectivity index (χ3n) is 5.47. The van der Waals surface area contributed by atoms with Crippen molar-refractivity contribution < 1.29 is 5.11 Å². The van der Waals surface area contributed by atoms with Crippen LogP contribution in [0.1, 0.15) is 44.4 Å². The molecule has 0 radical (unpaired) electrons. The SMILES string of the molecule is C=C(O)c1sc(-c2ccccc2)cc1N(CC)C(=C)C1CCC(C)CC1. The normalized spacial score (nSPS) is 19.9. The predicted molar refractivity (Wildman–Crippen MR) is 115 cm³/mol. The number of aliphatic hydroxyl groups is 1. The largest absolute Gasteiger partial charge is 0.507 e. The molecule has 0 unspecified atom stereocenters. The van der Waals surface area contributed by atoms with E-state index >= 15 is 0 Å². The highest BCUT2D eigenvalue weighted by Gasteiger charge is 2.26. The van der Waals surface area contributed by atoms with Gasteiger partial charge in [0.1, 0.15) is 5.76 Å². The Morgan fingerprint density at radius 3 is 2.38 bits per heavy atom. The van der Waals surface area contributed by atoms with Gasteiger partial charge >= 0.3 is 0 Å². The van der Waals surface area contributed by atoms with Crippen molar-refractivity contribution in [3.63, 3.8) is 0 Å². The second-order valence-corrected chi connectivity index (χ2v) is 8.38. The minimum Gasteiger partial charge on any atom is -0.507 e. The lowest BCUT2D eigenvalue weighted by atomic mass is 9.81. The molecule has 2 aromatic rings. The first-order valence-corrected chi connectivity index (χ1v) is 10.4. The first kappa shape index (κ1) is 18.8. The molecule has 0 bridgehead atoms. The lowest BCUT2D eigenvalue weighted by molar-refractivity contribution is 0.317. The third-order valence-corrected chi connectivity index (χ3v) is 6.70. The second-order valence-electron chi connectivity index (χ2n) is 7.33. The second kappa shape index (κ2) is 8.13. The number of thiophene rings is 1. The quantitative estimate of drug-likeness (QED) is 0.550. The molecule has 1 aliphatic carbocycles. The van der Waals surface area contributed by atoms with Crippen LogP contribution in [-0.4, -0.2) is 11.7 Å². The van der Waals surface area contributed by atoms with Gasteiger partial charge in [-0.15, -0.1) is 11.3 Å². The Morgan fingerprint density at radius 1 is 1.15 bits per heavy atom. The number of anilines is 1. The summed E-state index contributed by atoms with van der Waals surface area (Å²) in [7, 11) is 0. The molecule has 1 aliphatic rings. The van der Waals surface area contributed by atoms with Crippen LogP contribution in [0.5, 0.6) is 0 Å². The Morgan fingerprint density at radius 2 is 1.81 bits per heavy atom. The van der Waals surface area contributed by atoms with E-state index in [2.05, 4.69) is 50.1 Å². The third kappa shape index (κ3) is 3.88. The van der Waals surface area contributed by atoms with Gasteiger partial charge in [-0.3, -0.25) is 0 Å². The van der Waals surface area contributed by atoms with Gasteiger partial charge in [-0.05, 0) is 43.2 Å². The highest BCUT2D eigenvalue weighted by molar-refractivity contribution is 7.17. The van der Waals surface area contributed by atoms with Gasteiger partial charge in [0.15, 0.2) is 0 Å². The molecule has 0 atom stereocenters. The summed E-state index contributed by atoms with van der Waals surface area (Å²) < 4.78 is 0. The van der Waals surface area contributed by atoms with E-state index < -0.39 is 0 Å². The van der Waals surface area contributed by atoms with E-state index in [1.54, 1.807) is 11.3 Å². The maximum Gasteiger partial charge on any atom is 0.127 e. The number of aliphatic hydroxyl groups excluding tert-OH is 1. The van der Waals surface area contributed by atoms with Gasteiger partial charge in [0.2, 0.25) is 0 Å². The van der Waals surface area contributed by atoms with Crippen LogP contribution in [0.3, 0.4) is 0 Å². The molecule has 1 fully saturated rings. The van der Waals surface area contributed by atoms with E-state index in [0.29, 0.717) is 5.92 Å². The minimum atomic E-state index is 0.135. The molecule has 0 aliphatic heterocycles. The van der Waals surface area contributed by atoms with Crippen molar-refractivity contribution in [3.8, 4) is 10.4 Å². The maximum atomic E-state index is 10.2. The van der Waals surface area contributed by atoms with Gasteiger partial charge in [0, 0.05) is 17.1 Å². The van der Waals surface area contributed by atoms with E-state index in [1.807, 2.05) is 18.2 Å².